The summed E-state index contributed by atoms with van der Waals surface area (Å²) in [5, 5.41) is 3.73. The summed E-state index contributed by atoms with van der Waals surface area (Å²) in [5.74, 6) is -0.0101. The summed E-state index contributed by atoms with van der Waals surface area (Å²) in [4.78, 5) is -0.0122. The minimum Gasteiger partial charge on any atom is -0.381 e. The van der Waals surface area contributed by atoms with Crippen LogP contribution in [0.3, 0.4) is 0 Å². The van der Waals surface area contributed by atoms with Gasteiger partial charge in [0.1, 0.15) is 4.90 Å². The molecule has 3 N–H and O–H groups in total. The zero-order valence-corrected chi connectivity index (χ0v) is 8.58. The normalized spacial score (nSPS) is 11.5. The van der Waals surface area contributed by atoms with Gasteiger partial charge >= 0.3 is 0 Å². The van der Waals surface area contributed by atoms with Crippen molar-refractivity contribution < 1.29 is 8.42 Å². The monoisotopic (exact) mass is 216 g/mol. The molecule has 0 amide bonds. The van der Waals surface area contributed by atoms with Crippen LogP contribution in [0.15, 0.2) is 23.7 Å². The van der Waals surface area contributed by atoms with Crippen LogP contribution in [-0.2, 0) is 17.1 Å². The minimum absolute atomic E-state index is 0.0101. The standard InChI is InChI=1S/C7H12N4O2S/c1-3-4-9-14(12,13)6-5-11(2)10-7(6)8/h3,5,9H,1,4H2,2H3,(H2,8,10). The second-order valence-electron chi connectivity index (χ2n) is 2.69. The fourth-order valence-corrected chi connectivity index (χ4v) is 2.04. The number of nitrogens with two attached hydrogens (primary N) is 1. The topological polar surface area (TPSA) is 90.0 Å². The molecule has 0 spiro atoms. The molecule has 0 fully saturated rings. The van der Waals surface area contributed by atoms with Gasteiger partial charge in [0.05, 0.1) is 0 Å². The molecule has 0 aromatic carbocycles. The first kappa shape index (κ1) is 10.7. The lowest BCUT2D eigenvalue weighted by Crippen LogP contribution is -2.24. The van der Waals surface area contributed by atoms with E-state index in [1.165, 1.54) is 17.0 Å². The summed E-state index contributed by atoms with van der Waals surface area (Å²) in [7, 11) is -1.96. The van der Waals surface area contributed by atoms with Gasteiger partial charge in [0.2, 0.25) is 10.0 Å². The van der Waals surface area contributed by atoms with Crippen molar-refractivity contribution in [3.8, 4) is 0 Å². The molecule has 0 bridgehead atoms. The highest BCUT2D eigenvalue weighted by Gasteiger charge is 2.19. The van der Waals surface area contributed by atoms with Crippen LogP contribution in [-0.4, -0.2) is 24.7 Å². The summed E-state index contributed by atoms with van der Waals surface area (Å²) >= 11 is 0. The third-order valence-electron chi connectivity index (χ3n) is 1.53. The van der Waals surface area contributed by atoms with E-state index >= 15 is 0 Å². The van der Waals surface area contributed by atoms with Gasteiger partial charge in [0, 0.05) is 19.8 Å². The molecular weight excluding hydrogens is 204 g/mol. The fraction of sp³-hybridized carbons (Fsp3) is 0.286. The second kappa shape index (κ2) is 3.81. The van der Waals surface area contributed by atoms with Crippen molar-refractivity contribution >= 4 is 15.8 Å². The largest absolute Gasteiger partial charge is 0.381 e. The summed E-state index contributed by atoms with van der Waals surface area (Å²) in [6.45, 7) is 3.57. The number of sulfonamides is 1. The van der Waals surface area contributed by atoms with Crippen LogP contribution in [0.1, 0.15) is 0 Å². The zero-order chi connectivity index (χ0) is 10.8. The molecule has 6 nitrogen and oxygen atoms in total. The highest BCUT2D eigenvalue weighted by molar-refractivity contribution is 7.89. The van der Waals surface area contributed by atoms with E-state index in [1.807, 2.05) is 0 Å². The molecule has 7 heteroatoms. The van der Waals surface area contributed by atoms with Gasteiger partial charge in [-0.05, 0) is 0 Å². The Morgan fingerprint density at radius 1 is 1.79 bits per heavy atom. The van der Waals surface area contributed by atoms with Crippen LogP contribution in [0, 0.1) is 0 Å². The fourth-order valence-electron chi connectivity index (χ4n) is 0.937. The molecule has 0 saturated heterocycles. The molecule has 1 heterocycles. The number of hydrogen-bond donors (Lipinski definition) is 2. The van der Waals surface area contributed by atoms with E-state index in [-0.39, 0.29) is 17.3 Å². The molecule has 14 heavy (non-hydrogen) atoms. The van der Waals surface area contributed by atoms with Crippen LogP contribution in [0.5, 0.6) is 0 Å². The molecule has 0 saturated carbocycles. The summed E-state index contributed by atoms with van der Waals surface area (Å²) in [6.07, 6.45) is 2.80. The molecule has 0 atom stereocenters. The molecule has 0 unspecified atom stereocenters. The highest BCUT2D eigenvalue weighted by Crippen LogP contribution is 2.14. The molecule has 0 aliphatic heterocycles. The Morgan fingerprint density at radius 3 is 2.86 bits per heavy atom. The van der Waals surface area contributed by atoms with E-state index in [4.69, 9.17) is 5.73 Å². The van der Waals surface area contributed by atoms with Gasteiger partial charge in [-0.2, -0.15) is 5.10 Å². The average molecular weight is 216 g/mol. The number of rotatable bonds is 4. The first-order valence-corrected chi connectivity index (χ1v) is 5.35. The maximum Gasteiger partial charge on any atom is 0.246 e. The van der Waals surface area contributed by atoms with Crippen molar-refractivity contribution in [3.05, 3.63) is 18.9 Å². The Morgan fingerprint density at radius 2 is 2.43 bits per heavy atom. The summed E-state index contributed by atoms with van der Waals surface area (Å²) in [5.41, 5.74) is 5.42. The number of aryl methyl sites for hydroxylation is 1. The van der Waals surface area contributed by atoms with Crippen LogP contribution < -0.4 is 10.5 Å². The Kier molecular flexibility index (Phi) is 2.92. The van der Waals surface area contributed by atoms with Crippen LogP contribution in [0.25, 0.3) is 0 Å². The lowest BCUT2D eigenvalue weighted by atomic mass is 10.7. The van der Waals surface area contributed by atoms with Crippen LogP contribution in [0.2, 0.25) is 0 Å². The van der Waals surface area contributed by atoms with Gasteiger partial charge in [-0.1, -0.05) is 6.08 Å². The summed E-state index contributed by atoms with van der Waals surface area (Å²) < 4.78 is 26.7. The maximum atomic E-state index is 11.5. The van der Waals surface area contributed by atoms with Gasteiger partial charge in [-0.15, -0.1) is 6.58 Å². The quantitative estimate of drug-likeness (QED) is 0.662. The van der Waals surface area contributed by atoms with Crippen molar-refractivity contribution in [1.82, 2.24) is 14.5 Å². The number of nitrogen functional groups attached to an aromatic ring is 1. The van der Waals surface area contributed by atoms with Gasteiger partial charge in [0.25, 0.3) is 0 Å². The van der Waals surface area contributed by atoms with Crippen LogP contribution >= 0.6 is 0 Å². The third-order valence-corrected chi connectivity index (χ3v) is 2.97. The van der Waals surface area contributed by atoms with Crippen molar-refractivity contribution in [3.63, 3.8) is 0 Å². The van der Waals surface area contributed by atoms with E-state index in [1.54, 1.807) is 7.05 Å². The molecule has 1 rings (SSSR count). The predicted octanol–water partition coefficient (Wildman–Crippen LogP) is -0.533. The van der Waals surface area contributed by atoms with Gasteiger partial charge in [-0.3, -0.25) is 4.68 Å². The molecular formula is C7H12N4O2S. The van der Waals surface area contributed by atoms with Crippen molar-refractivity contribution in [2.75, 3.05) is 12.3 Å². The summed E-state index contributed by atoms with van der Waals surface area (Å²) in [6, 6.07) is 0. The first-order valence-electron chi connectivity index (χ1n) is 3.87. The van der Waals surface area contributed by atoms with Crippen LogP contribution in [0.4, 0.5) is 5.82 Å². The number of hydrogen-bond acceptors (Lipinski definition) is 4. The third kappa shape index (κ3) is 2.12. The van der Waals surface area contributed by atoms with Crippen molar-refractivity contribution in [2.45, 2.75) is 4.90 Å². The lowest BCUT2D eigenvalue weighted by molar-refractivity contribution is 0.586. The van der Waals surface area contributed by atoms with Gasteiger partial charge in [-0.25, -0.2) is 13.1 Å². The molecule has 1 aromatic rings. The molecule has 78 valence electrons. The van der Waals surface area contributed by atoms with E-state index in [2.05, 4.69) is 16.4 Å². The Bertz CT molecular complexity index is 435. The maximum absolute atomic E-state index is 11.5. The molecule has 1 aromatic heterocycles. The molecule has 0 radical (unpaired) electrons. The smallest absolute Gasteiger partial charge is 0.246 e. The molecule has 0 aliphatic rings. The van der Waals surface area contributed by atoms with Crippen molar-refractivity contribution in [1.29, 1.82) is 0 Å². The Hall–Kier alpha value is -1.34. The average Bonchev–Trinajstić information content (AvgIpc) is 2.42. The minimum atomic E-state index is -3.56. The first-order chi connectivity index (χ1) is 6.47. The Labute approximate surface area is 82.5 Å². The van der Waals surface area contributed by atoms with E-state index in [9.17, 15) is 8.42 Å². The van der Waals surface area contributed by atoms with Crippen molar-refractivity contribution in [2.24, 2.45) is 7.05 Å². The van der Waals surface area contributed by atoms with E-state index in [0.717, 1.165) is 0 Å². The second-order valence-corrected chi connectivity index (χ2v) is 4.43. The predicted molar refractivity (Wildman–Crippen MR) is 53.0 cm³/mol. The highest BCUT2D eigenvalue weighted by atomic mass is 32.2. The zero-order valence-electron chi connectivity index (χ0n) is 7.77. The van der Waals surface area contributed by atoms with E-state index in [0.29, 0.717) is 0 Å². The number of nitrogens with one attached hydrogen (secondary N) is 1. The van der Waals surface area contributed by atoms with Gasteiger partial charge < -0.3 is 5.73 Å². The SMILES string of the molecule is C=CCNS(=O)(=O)c1cn(C)nc1N. The Balaban J connectivity index is 3.03. The van der Waals surface area contributed by atoms with Gasteiger partial charge in [0.15, 0.2) is 5.82 Å². The molecule has 0 aliphatic carbocycles. The number of nitrogens with zero attached hydrogens (tertiary/aromatic N) is 2. The number of anilines is 1. The van der Waals surface area contributed by atoms with E-state index < -0.39 is 10.0 Å². The lowest BCUT2D eigenvalue weighted by Gasteiger charge is -2.01. The number of aromatic nitrogens is 2.